The molecule has 1 atom stereocenters. The second-order valence-electron chi connectivity index (χ2n) is 5.69. The first-order valence-corrected chi connectivity index (χ1v) is 7.66. The third-order valence-corrected chi connectivity index (χ3v) is 3.86. The van der Waals surface area contributed by atoms with Crippen LogP contribution in [0, 0.1) is 17.0 Å². The van der Waals surface area contributed by atoms with Crippen LogP contribution in [0.15, 0.2) is 60.9 Å². The topological polar surface area (TPSA) is 73.0 Å². The van der Waals surface area contributed by atoms with Gasteiger partial charge in [-0.25, -0.2) is 4.68 Å². The van der Waals surface area contributed by atoms with Gasteiger partial charge in [0.1, 0.15) is 5.69 Å². The molecule has 1 aromatic heterocycles. The zero-order chi connectivity index (χ0) is 17.1. The van der Waals surface area contributed by atoms with Crippen LogP contribution in [0.4, 0.5) is 11.4 Å². The molecule has 0 bridgehead atoms. The highest BCUT2D eigenvalue weighted by molar-refractivity contribution is 5.63. The normalized spacial score (nSPS) is 11.9. The van der Waals surface area contributed by atoms with E-state index in [9.17, 15) is 10.1 Å². The van der Waals surface area contributed by atoms with E-state index < -0.39 is 0 Å². The van der Waals surface area contributed by atoms with Crippen LogP contribution in [0.5, 0.6) is 0 Å². The summed E-state index contributed by atoms with van der Waals surface area (Å²) in [6.07, 6.45) is 3.60. The van der Waals surface area contributed by atoms with Crippen molar-refractivity contribution < 1.29 is 4.92 Å². The number of aryl methyl sites for hydroxylation is 1. The van der Waals surface area contributed by atoms with Crippen LogP contribution in [0.25, 0.3) is 5.69 Å². The third-order valence-electron chi connectivity index (χ3n) is 3.86. The summed E-state index contributed by atoms with van der Waals surface area (Å²) in [4.78, 5) is 10.9. The Labute approximate surface area is 139 Å². The number of hydrogen-bond acceptors (Lipinski definition) is 4. The zero-order valence-corrected chi connectivity index (χ0v) is 13.5. The Balaban J connectivity index is 1.87. The second-order valence-corrected chi connectivity index (χ2v) is 5.69. The van der Waals surface area contributed by atoms with Gasteiger partial charge in [-0.05, 0) is 49.2 Å². The highest BCUT2D eigenvalue weighted by Crippen LogP contribution is 2.29. The van der Waals surface area contributed by atoms with Gasteiger partial charge in [-0.2, -0.15) is 5.10 Å². The summed E-state index contributed by atoms with van der Waals surface area (Å²) in [5.74, 6) is 0. The predicted molar refractivity (Wildman–Crippen MR) is 93.4 cm³/mol. The molecule has 2 aromatic carbocycles. The maximum Gasteiger partial charge on any atom is 0.292 e. The molecule has 0 saturated heterocycles. The average Bonchev–Trinajstić information content (AvgIpc) is 3.11. The van der Waals surface area contributed by atoms with Crippen molar-refractivity contribution in [1.29, 1.82) is 0 Å². The molecule has 6 heteroatoms. The van der Waals surface area contributed by atoms with E-state index in [-0.39, 0.29) is 16.7 Å². The number of nitro benzene ring substituents is 1. The van der Waals surface area contributed by atoms with E-state index in [1.165, 1.54) is 0 Å². The Kier molecular flexibility index (Phi) is 4.29. The van der Waals surface area contributed by atoms with Crippen LogP contribution < -0.4 is 5.32 Å². The van der Waals surface area contributed by atoms with Gasteiger partial charge in [0.05, 0.1) is 10.6 Å². The Bertz CT molecular complexity index is 859. The molecule has 122 valence electrons. The Morgan fingerprint density at radius 1 is 1.21 bits per heavy atom. The molecule has 0 spiro atoms. The van der Waals surface area contributed by atoms with Gasteiger partial charge >= 0.3 is 0 Å². The van der Waals surface area contributed by atoms with E-state index in [4.69, 9.17) is 0 Å². The lowest BCUT2D eigenvalue weighted by atomic mass is 10.1. The zero-order valence-electron chi connectivity index (χ0n) is 13.5. The van der Waals surface area contributed by atoms with Gasteiger partial charge in [-0.15, -0.1) is 0 Å². The summed E-state index contributed by atoms with van der Waals surface area (Å²) in [6.45, 7) is 3.82. The number of benzene rings is 2. The molecule has 6 nitrogen and oxygen atoms in total. The van der Waals surface area contributed by atoms with Gasteiger partial charge in [0, 0.05) is 24.5 Å². The molecule has 0 radical (unpaired) electrons. The number of anilines is 1. The summed E-state index contributed by atoms with van der Waals surface area (Å²) in [7, 11) is 0. The van der Waals surface area contributed by atoms with E-state index >= 15 is 0 Å². The summed E-state index contributed by atoms with van der Waals surface area (Å²) >= 11 is 0. The van der Waals surface area contributed by atoms with E-state index in [1.807, 2.05) is 56.4 Å². The van der Waals surface area contributed by atoms with Gasteiger partial charge in [-0.1, -0.05) is 18.2 Å². The Hall–Kier alpha value is -3.15. The minimum atomic E-state index is -0.359. The van der Waals surface area contributed by atoms with Crippen LogP contribution in [-0.4, -0.2) is 14.7 Å². The van der Waals surface area contributed by atoms with Crippen molar-refractivity contribution >= 4 is 11.4 Å². The fourth-order valence-electron chi connectivity index (χ4n) is 2.59. The van der Waals surface area contributed by atoms with Crippen molar-refractivity contribution in [2.45, 2.75) is 19.9 Å². The monoisotopic (exact) mass is 322 g/mol. The van der Waals surface area contributed by atoms with Crippen molar-refractivity contribution in [2.24, 2.45) is 0 Å². The van der Waals surface area contributed by atoms with Crippen LogP contribution in [-0.2, 0) is 0 Å². The van der Waals surface area contributed by atoms with Gasteiger partial charge in [-0.3, -0.25) is 10.1 Å². The lowest BCUT2D eigenvalue weighted by Gasteiger charge is -2.17. The van der Waals surface area contributed by atoms with E-state index in [0.717, 1.165) is 16.8 Å². The standard InChI is InChI=1S/C18H18N4O2/c1-13-7-8-17(18(11-13)22(23)24)20-14(2)15-5-3-6-16(12-15)21-10-4-9-19-21/h3-12,14,20H,1-2H3. The fraction of sp³-hybridized carbons (Fsp3) is 0.167. The largest absolute Gasteiger partial charge is 0.373 e. The maximum absolute atomic E-state index is 11.3. The lowest BCUT2D eigenvalue weighted by Crippen LogP contribution is -2.09. The Morgan fingerprint density at radius 3 is 2.75 bits per heavy atom. The minimum Gasteiger partial charge on any atom is -0.373 e. The first-order chi connectivity index (χ1) is 11.5. The molecule has 0 amide bonds. The number of nitro groups is 1. The highest BCUT2D eigenvalue weighted by Gasteiger charge is 2.16. The molecular weight excluding hydrogens is 304 g/mol. The van der Waals surface area contributed by atoms with E-state index in [2.05, 4.69) is 10.4 Å². The maximum atomic E-state index is 11.3. The molecule has 0 saturated carbocycles. The Morgan fingerprint density at radius 2 is 2.04 bits per heavy atom. The van der Waals surface area contributed by atoms with E-state index in [1.54, 1.807) is 23.0 Å². The molecule has 1 N–H and O–H groups in total. The fourth-order valence-corrected chi connectivity index (χ4v) is 2.59. The number of aromatic nitrogens is 2. The first kappa shape index (κ1) is 15.7. The number of rotatable bonds is 5. The quantitative estimate of drug-likeness (QED) is 0.562. The van der Waals surface area contributed by atoms with Crippen molar-refractivity contribution in [3.63, 3.8) is 0 Å². The minimum absolute atomic E-state index is 0.0816. The van der Waals surface area contributed by atoms with E-state index in [0.29, 0.717) is 5.69 Å². The molecule has 24 heavy (non-hydrogen) atoms. The molecule has 1 unspecified atom stereocenters. The lowest BCUT2D eigenvalue weighted by molar-refractivity contribution is -0.384. The molecule has 0 aliphatic carbocycles. The molecule has 0 fully saturated rings. The average molecular weight is 322 g/mol. The van der Waals surface area contributed by atoms with Crippen molar-refractivity contribution in [2.75, 3.05) is 5.32 Å². The predicted octanol–water partition coefficient (Wildman–Crippen LogP) is 4.26. The van der Waals surface area contributed by atoms with Crippen molar-refractivity contribution in [3.8, 4) is 5.69 Å². The summed E-state index contributed by atoms with van der Waals surface area (Å²) in [5, 5.41) is 18.7. The molecule has 0 aliphatic heterocycles. The smallest absolute Gasteiger partial charge is 0.292 e. The number of nitrogens with one attached hydrogen (secondary N) is 1. The SMILES string of the molecule is Cc1ccc(NC(C)c2cccc(-n3cccn3)c2)c([N+](=O)[O-])c1. The van der Waals surface area contributed by atoms with Crippen LogP contribution in [0.1, 0.15) is 24.1 Å². The summed E-state index contributed by atoms with van der Waals surface area (Å²) in [6, 6.07) is 14.9. The summed E-state index contributed by atoms with van der Waals surface area (Å²) in [5.41, 5.74) is 3.44. The van der Waals surface area contributed by atoms with Gasteiger partial charge in [0.15, 0.2) is 0 Å². The molecule has 0 aliphatic rings. The first-order valence-electron chi connectivity index (χ1n) is 7.66. The second kappa shape index (κ2) is 6.54. The van der Waals surface area contributed by atoms with Gasteiger partial charge in [0.25, 0.3) is 5.69 Å². The van der Waals surface area contributed by atoms with Crippen molar-refractivity contribution in [3.05, 3.63) is 82.2 Å². The number of hydrogen-bond donors (Lipinski definition) is 1. The number of nitrogens with zero attached hydrogens (tertiary/aromatic N) is 3. The van der Waals surface area contributed by atoms with Crippen LogP contribution >= 0.6 is 0 Å². The molecule has 3 aromatic rings. The molecule has 1 heterocycles. The highest BCUT2D eigenvalue weighted by atomic mass is 16.6. The molecule has 3 rings (SSSR count). The van der Waals surface area contributed by atoms with Gasteiger partial charge < -0.3 is 5.32 Å². The molecular formula is C18H18N4O2. The third kappa shape index (κ3) is 3.27. The van der Waals surface area contributed by atoms with Crippen LogP contribution in [0.2, 0.25) is 0 Å². The van der Waals surface area contributed by atoms with Crippen molar-refractivity contribution in [1.82, 2.24) is 9.78 Å². The van der Waals surface area contributed by atoms with Crippen LogP contribution in [0.3, 0.4) is 0 Å². The van der Waals surface area contributed by atoms with Gasteiger partial charge in [0.2, 0.25) is 0 Å². The summed E-state index contributed by atoms with van der Waals surface area (Å²) < 4.78 is 1.78.